The highest BCUT2D eigenvalue weighted by Gasteiger charge is 2.28. The Balaban J connectivity index is 1.78. The molecular weight excluding hydrogens is 367 g/mol. The minimum Gasteiger partial charge on any atom is -0.352 e. The molecule has 0 radical (unpaired) electrons. The molecule has 0 bridgehead atoms. The quantitative estimate of drug-likeness (QED) is 0.764. The highest BCUT2D eigenvalue weighted by Crippen LogP contribution is 2.19. The van der Waals surface area contributed by atoms with Crippen LogP contribution in [-0.2, 0) is 22.6 Å². The van der Waals surface area contributed by atoms with Crippen LogP contribution in [0, 0.1) is 12.7 Å². The average molecular weight is 397 g/mol. The molecule has 1 fully saturated rings. The third-order valence-electron chi connectivity index (χ3n) is 5.60. The zero-order chi connectivity index (χ0) is 20.8. The van der Waals surface area contributed by atoms with Crippen LogP contribution in [0.4, 0.5) is 4.39 Å². The second kappa shape index (κ2) is 9.68. The number of aryl methyl sites for hydroxylation is 1. The Bertz CT molecular complexity index is 861. The standard InChI is InChI=1S/C24H29FN2O2/c1-17-8-7-9-19(14-17)16-27(18(2)24(29)26-21-11-4-5-12-21)23(28)15-20-10-3-6-13-22(20)25/h3,6-10,13-14,18,21H,4-5,11-12,15-16H2,1-2H3,(H,26,29). The first-order chi connectivity index (χ1) is 13.9. The van der Waals surface area contributed by atoms with Crippen LogP contribution in [0.3, 0.4) is 0 Å². The number of carbonyl (C=O) groups excluding carboxylic acids is 2. The summed E-state index contributed by atoms with van der Waals surface area (Å²) in [5.41, 5.74) is 2.38. The first kappa shape index (κ1) is 21.0. The van der Waals surface area contributed by atoms with E-state index < -0.39 is 11.9 Å². The lowest BCUT2D eigenvalue weighted by Gasteiger charge is -2.30. The molecule has 1 atom stereocenters. The summed E-state index contributed by atoms with van der Waals surface area (Å²) in [5, 5.41) is 3.08. The van der Waals surface area contributed by atoms with Gasteiger partial charge in [0, 0.05) is 12.6 Å². The van der Waals surface area contributed by atoms with Crippen molar-refractivity contribution in [3.05, 3.63) is 71.0 Å². The van der Waals surface area contributed by atoms with Crippen LogP contribution in [0.5, 0.6) is 0 Å². The molecule has 4 nitrogen and oxygen atoms in total. The molecule has 1 aliphatic rings. The largest absolute Gasteiger partial charge is 0.352 e. The van der Waals surface area contributed by atoms with Crippen molar-refractivity contribution in [1.29, 1.82) is 0 Å². The van der Waals surface area contributed by atoms with Crippen molar-refractivity contribution in [2.75, 3.05) is 0 Å². The van der Waals surface area contributed by atoms with Gasteiger partial charge in [-0.15, -0.1) is 0 Å². The lowest BCUT2D eigenvalue weighted by Crippen LogP contribution is -2.50. The minimum absolute atomic E-state index is 0.0699. The van der Waals surface area contributed by atoms with Gasteiger partial charge in [-0.25, -0.2) is 4.39 Å². The SMILES string of the molecule is Cc1cccc(CN(C(=O)Cc2ccccc2F)C(C)C(=O)NC2CCCC2)c1. The van der Waals surface area contributed by atoms with Gasteiger partial charge in [0.1, 0.15) is 11.9 Å². The van der Waals surface area contributed by atoms with Gasteiger partial charge in [-0.3, -0.25) is 9.59 Å². The van der Waals surface area contributed by atoms with E-state index in [-0.39, 0.29) is 24.3 Å². The van der Waals surface area contributed by atoms with Crippen LogP contribution in [0.25, 0.3) is 0 Å². The fourth-order valence-electron chi connectivity index (χ4n) is 3.89. The van der Waals surface area contributed by atoms with Crippen LogP contribution in [-0.4, -0.2) is 28.8 Å². The Morgan fingerprint density at radius 3 is 2.55 bits per heavy atom. The highest BCUT2D eigenvalue weighted by molar-refractivity contribution is 5.88. The smallest absolute Gasteiger partial charge is 0.242 e. The summed E-state index contributed by atoms with van der Waals surface area (Å²) in [6.45, 7) is 4.05. The Morgan fingerprint density at radius 1 is 1.14 bits per heavy atom. The number of rotatable bonds is 7. The van der Waals surface area contributed by atoms with Crippen molar-refractivity contribution in [2.45, 2.75) is 64.6 Å². The summed E-state index contributed by atoms with van der Waals surface area (Å²) in [4.78, 5) is 27.5. The van der Waals surface area contributed by atoms with Gasteiger partial charge in [-0.05, 0) is 43.9 Å². The molecule has 0 heterocycles. The van der Waals surface area contributed by atoms with Gasteiger partial charge in [0.25, 0.3) is 0 Å². The molecular formula is C24H29FN2O2. The third-order valence-corrected chi connectivity index (χ3v) is 5.60. The zero-order valence-electron chi connectivity index (χ0n) is 17.2. The van der Waals surface area contributed by atoms with E-state index in [0.717, 1.165) is 36.8 Å². The molecule has 5 heteroatoms. The van der Waals surface area contributed by atoms with Crippen LogP contribution in [0.15, 0.2) is 48.5 Å². The van der Waals surface area contributed by atoms with Crippen molar-refractivity contribution in [2.24, 2.45) is 0 Å². The minimum atomic E-state index is -0.629. The highest BCUT2D eigenvalue weighted by atomic mass is 19.1. The molecule has 2 aromatic rings. The van der Waals surface area contributed by atoms with E-state index in [1.807, 2.05) is 31.2 Å². The summed E-state index contributed by atoms with van der Waals surface area (Å²) in [7, 11) is 0. The van der Waals surface area contributed by atoms with Gasteiger partial charge in [-0.1, -0.05) is 60.9 Å². The molecule has 1 aliphatic carbocycles. The van der Waals surface area contributed by atoms with E-state index in [1.54, 1.807) is 30.0 Å². The number of nitrogens with zero attached hydrogens (tertiary/aromatic N) is 1. The third kappa shape index (κ3) is 5.66. The summed E-state index contributed by atoms with van der Waals surface area (Å²) in [5.74, 6) is -0.809. The number of halogens is 1. The molecule has 154 valence electrons. The van der Waals surface area contributed by atoms with Gasteiger partial charge in [0.05, 0.1) is 6.42 Å². The van der Waals surface area contributed by atoms with Gasteiger partial charge in [0.2, 0.25) is 11.8 Å². The van der Waals surface area contributed by atoms with Gasteiger partial charge >= 0.3 is 0 Å². The molecule has 1 saturated carbocycles. The summed E-state index contributed by atoms with van der Waals surface area (Å²) >= 11 is 0. The maximum absolute atomic E-state index is 14.1. The van der Waals surface area contributed by atoms with E-state index in [1.165, 1.54) is 6.07 Å². The topological polar surface area (TPSA) is 49.4 Å². The normalized spacial score (nSPS) is 15.1. The van der Waals surface area contributed by atoms with E-state index >= 15 is 0 Å². The number of carbonyl (C=O) groups is 2. The molecule has 1 N–H and O–H groups in total. The fourth-order valence-corrected chi connectivity index (χ4v) is 3.89. The Labute approximate surface area is 172 Å². The van der Waals surface area contributed by atoms with Crippen LogP contribution < -0.4 is 5.32 Å². The number of benzene rings is 2. The molecule has 0 aromatic heterocycles. The van der Waals surface area contributed by atoms with Crippen molar-refractivity contribution >= 4 is 11.8 Å². The van der Waals surface area contributed by atoms with E-state index in [4.69, 9.17) is 0 Å². The second-order valence-electron chi connectivity index (χ2n) is 7.94. The van der Waals surface area contributed by atoms with Gasteiger partial charge < -0.3 is 10.2 Å². The van der Waals surface area contributed by atoms with Crippen molar-refractivity contribution in [1.82, 2.24) is 10.2 Å². The average Bonchev–Trinajstić information content (AvgIpc) is 3.20. The van der Waals surface area contributed by atoms with Gasteiger partial charge in [-0.2, -0.15) is 0 Å². The summed E-state index contributed by atoms with van der Waals surface area (Å²) in [6.07, 6.45) is 4.15. The maximum atomic E-state index is 14.1. The lowest BCUT2D eigenvalue weighted by atomic mass is 10.1. The number of hydrogen-bond acceptors (Lipinski definition) is 2. The van der Waals surface area contributed by atoms with E-state index in [9.17, 15) is 14.0 Å². The van der Waals surface area contributed by atoms with Crippen molar-refractivity contribution in [3.8, 4) is 0 Å². The Hall–Kier alpha value is -2.69. The first-order valence-electron chi connectivity index (χ1n) is 10.3. The van der Waals surface area contributed by atoms with E-state index in [0.29, 0.717) is 12.1 Å². The maximum Gasteiger partial charge on any atom is 0.242 e. The van der Waals surface area contributed by atoms with Crippen molar-refractivity contribution in [3.63, 3.8) is 0 Å². The van der Waals surface area contributed by atoms with Crippen LogP contribution in [0.1, 0.15) is 49.3 Å². The molecule has 1 unspecified atom stereocenters. The number of amides is 2. The zero-order valence-corrected chi connectivity index (χ0v) is 17.2. The molecule has 2 amide bonds. The molecule has 0 spiro atoms. The van der Waals surface area contributed by atoms with Crippen LogP contribution >= 0.6 is 0 Å². The predicted molar refractivity (Wildman–Crippen MR) is 112 cm³/mol. The van der Waals surface area contributed by atoms with Gasteiger partial charge in [0.15, 0.2) is 0 Å². The molecule has 3 rings (SSSR count). The Morgan fingerprint density at radius 2 is 1.86 bits per heavy atom. The Kier molecular flexibility index (Phi) is 7.02. The number of nitrogens with one attached hydrogen (secondary N) is 1. The lowest BCUT2D eigenvalue weighted by molar-refractivity contribution is -0.140. The summed E-state index contributed by atoms with van der Waals surface area (Å²) < 4.78 is 14.1. The summed E-state index contributed by atoms with van der Waals surface area (Å²) in [6, 6.07) is 13.7. The number of hydrogen-bond donors (Lipinski definition) is 1. The monoisotopic (exact) mass is 396 g/mol. The molecule has 29 heavy (non-hydrogen) atoms. The fraction of sp³-hybridized carbons (Fsp3) is 0.417. The second-order valence-corrected chi connectivity index (χ2v) is 7.94. The molecule has 0 saturated heterocycles. The first-order valence-corrected chi connectivity index (χ1v) is 10.3. The van der Waals surface area contributed by atoms with E-state index in [2.05, 4.69) is 5.32 Å². The van der Waals surface area contributed by atoms with Crippen LogP contribution in [0.2, 0.25) is 0 Å². The molecule has 2 aromatic carbocycles. The molecule has 0 aliphatic heterocycles. The predicted octanol–water partition coefficient (Wildman–Crippen LogP) is 4.15. The van der Waals surface area contributed by atoms with Crippen molar-refractivity contribution < 1.29 is 14.0 Å².